The minimum atomic E-state index is 0. The van der Waals surface area contributed by atoms with Crippen molar-refractivity contribution in [1.82, 2.24) is 0 Å². The monoisotopic (exact) mass is 1250 g/mol. The quantitative estimate of drug-likeness (QED) is 0.0257. The van der Waals surface area contributed by atoms with Gasteiger partial charge in [0.15, 0.2) is 0 Å². The predicted molar refractivity (Wildman–Crippen MR) is 365 cm³/mol. The predicted octanol–water partition coefficient (Wildman–Crippen LogP) is 25.3. The van der Waals surface area contributed by atoms with Crippen molar-refractivity contribution in [2.45, 2.75) is 439 Å². The molecule has 0 N–H and O–H groups in total. The van der Waals surface area contributed by atoms with Crippen molar-refractivity contribution in [3.8, 4) is 0 Å². The summed E-state index contributed by atoms with van der Waals surface area (Å²) in [6.07, 6.45) is 87.4. The fraction of sp³-hybridized carbons (Fsp3) is 0.947. The van der Waals surface area contributed by atoms with Crippen LogP contribution in [0.25, 0.3) is 0 Å². The Morgan fingerprint density at radius 2 is 0.235 bits per heavy atom. The number of rotatable bonds is 72. The van der Waals surface area contributed by atoms with Gasteiger partial charge >= 0.3 is 0 Å². The van der Waals surface area contributed by atoms with Gasteiger partial charge in [-0.25, -0.2) is 0 Å². The van der Waals surface area contributed by atoms with Gasteiger partial charge in [-0.1, -0.05) is 439 Å². The largest absolute Gasteiger partial charge is 0.653 e. The SMILES string of the molecule is CCCCCCCCCCCCCCCCCCO[C-]=O.CCCCCCCCCCCCCCCCCCO[C-]=O.CCCCCCCCCCCCCCCCCCO[C-]=O.CCCCCCCCCCCCCCCCCCO[C-]=O.[Cu]. The second-order valence-electron chi connectivity index (χ2n) is 24.9. The molecule has 0 aliphatic heterocycles. The van der Waals surface area contributed by atoms with Gasteiger partial charge in [0.05, 0.1) is 0 Å². The van der Waals surface area contributed by atoms with Gasteiger partial charge in [-0.15, -0.1) is 0 Å². The molecule has 0 aliphatic rings. The summed E-state index contributed by atoms with van der Waals surface area (Å²) in [4.78, 5) is 39.3. The van der Waals surface area contributed by atoms with Crippen molar-refractivity contribution in [3.05, 3.63) is 0 Å². The van der Waals surface area contributed by atoms with Crippen LogP contribution >= 0.6 is 0 Å². The third-order valence-corrected chi connectivity index (χ3v) is 16.6. The molecular formula is C76H148CuO8-4. The third-order valence-electron chi connectivity index (χ3n) is 16.6. The van der Waals surface area contributed by atoms with E-state index < -0.39 is 0 Å². The van der Waals surface area contributed by atoms with Crippen LogP contribution < -0.4 is 0 Å². The van der Waals surface area contributed by atoms with Crippen molar-refractivity contribution in [1.29, 1.82) is 0 Å². The molecule has 0 heterocycles. The Bertz CT molecular complexity index is 944. The zero-order chi connectivity index (χ0) is 61.7. The maximum absolute atomic E-state index is 9.82. The van der Waals surface area contributed by atoms with Gasteiger partial charge in [-0.3, -0.25) is 0 Å². The summed E-state index contributed by atoms with van der Waals surface area (Å²) in [5.41, 5.74) is 0. The summed E-state index contributed by atoms with van der Waals surface area (Å²) >= 11 is 0. The van der Waals surface area contributed by atoms with Crippen LogP contribution in [0, 0.1) is 0 Å². The Balaban J connectivity index is -0.000000333. The molecule has 515 valence electrons. The maximum atomic E-state index is 9.82. The smallest absolute Gasteiger partial charge is 0.0480 e. The molecule has 1 radical (unpaired) electrons. The summed E-state index contributed by atoms with van der Waals surface area (Å²) < 4.78 is 18.2. The first-order chi connectivity index (χ1) is 41.7. The van der Waals surface area contributed by atoms with Gasteiger partial charge in [0, 0.05) is 43.5 Å². The van der Waals surface area contributed by atoms with Crippen molar-refractivity contribution in [2.75, 3.05) is 26.4 Å². The zero-order valence-corrected chi connectivity index (χ0v) is 58.6. The summed E-state index contributed by atoms with van der Waals surface area (Å²) in [6.45, 7) is 17.2. The molecule has 85 heavy (non-hydrogen) atoms. The van der Waals surface area contributed by atoms with E-state index in [0.29, 0.717) is 26.4 Å². The van der Waals surface area contributed by atoms with Crippen LogP contribution in [0.15, 0.2) is 0 Å². The zero-order valence-electron chi connectivity index (χ0n) is 57.7. The molecule has 0 fully saturated rings. The van der Waals surface area contributed by atoms with E-state index in [9.17, 15) is 19.2 Å². The van der Waals surface area contributed by atoms with Crippen LogP contribution in [-0.4, -0.2) is 52.3 Å². The molecule has 0 rings (SSSR count). The Hall–Kier alpha value is -1.60. The molecule has 0 bridgehead atoms. The van der Waals surface area contributed by atoms with E-state index in [1.54, 1.807) is 0 Å². The van der Waals surface area contributed by atoms with Crippen molar-refractivity contribution >= 4 is 25.9 Å². The molecule has 0 atom stereocenters. The van der Waals surface area contributed by atoms with Crippen LogP contribution in [0.4, 0.5) is 0 Å². The van der Waals surface area contributed by atoms with E-state index in [2.05, 4.69) is 46.6 Å². The van der Waals surface area contributed by atoms with Crippen molar-refractivity contribution < 1.29 is 55.2 Å². The standard InChI is InChI=1S/4C19H37O2.Cu/c4*1-2-3-4-5-6-7-8-9-10-11-12-13-14-15-16-17-18-21-19-20;/h4*2-18H2,1H3;/q4*-1;. The van der Waals surface area contributed by atoms with Crippen LogP contribution in [0.3, 0.4) is 0 Å². The van der Waals surface area contributed by atoms with Gasteiger partial charge in [0.1, 0.15) is 0 Å². The Kier molecular flexibility index (Phi) is 107. The van der Waals surface area contributed by atoms with E-state index in [-0.39, 0.29) is 17.1 Å². The molecule has 0 aromatic carbocycles. The number of hydrogen-bond donors (Lipinski definition) is 0. The molecule has 0 amide bonds. The number of unbranched alkanes of at least 4 members (excludes halogenated alkanes) is 60. The Morgan fingerprint density at radius 1 is 0.153 bits per heavy atom. The normalized spacial score (nSPS) is 10.6. The molecule has 0 aromatic rings. The summed E-state index contributed by atoms with van der Waals surface area (Å²) in [5, 5.41) is 0. The molecule has 0 unspecified atom stereocenters. The molecule has 0 saturated heterocycles. The molecule has 0 saturated carbocycles. The first-order valence-corrected chi connectivity index (χ1v) is 37.6. The first kappa shape index (κ1) is 92.1. The molecular weight excluding hydrogens is 1100 g/mol. The van der Waals surface area contributed by atoms with Crippen LogP contribution in [-0.2, 0) is 55.2 Å². The molecule has 0 spiro atoms. The molecule has 9 heteroatoms. The van der Waals surface area contributed by atoms with E-state index >= 15 is 0 Å². The fourth-order valence-corrected chi connectivity index (χ4v) is 11.1. The second-order valence-corrected chi connectivity index (χ2v) is 24.9. The minimum Gasteiger partial charge on any atom is -0.653 e. The van der Waals surface area contributed by atoms with E-state index in [1.165, 1.54) is 411 Å². The Labute approximate surface area is 543 Å². The first-order valence-electron chi connectivity index (χ1n) is 37.6. The summed E-state index contributed by atoms with van der Waals surface area (Å²) in [5.74, 6) is 0. The fourth-order valence-electron chi connectivity index (χ4n) is 11.1. The Morgan fingerprint density at radius 3 is 0.318 bits per heavy atom. The van der Waals surface area contributed by atoms with E-state index in [0.717, 1.165) is 25.7 Å². The van der Waals surface area contributed by atoms with Crippen molar-refractivity contribution in [2.24, 2.45) is 0 Å². The van der Waals surface area contributed by atoms with Crippen LogP contribution in [0.2, 0.25) is 0 Å². The second kappa shape index (κ2) is 98.6. The maximum Gasteiger partial charge on any atom is 0.0480 e. The van der Waals surface area contributed by atoms with Gasteiger partial charge < -0.3 is 38.1 Å². The van der Waals surface area contributed by atoms with Crippen LogP contribution in [0.5, 0.6) is 0 Å². The number of hydrogen-bond acceptors (Lipinski definition) is 8. The summed E-state index contributed by atoms with van der Waals surface area (Å²) in [6, 6.07) is 0. The number of carbonyl (C=O) groups excluding carboxylic acids is 4. The van der Waals surface area contributed by atoms with Crippen molar-refractivity contribution in [3.63, 3.8) is 0 Å². The number of ether oxygens (including phenoxy) is 4. The van der Waals surface area contributed by atoms with Crippen LogP contribution in [0.1, 0.15) is 439 Å². The van der Waals surface area contributed by atoms with E-state index in [4.69, 9.17) is 0 Å². The third kappa shape index (κ3) is 107. The average Bonchev–Trinajstić information content (AvgIpc) is 3.50. The average molecular weight is 1250 g/mol. The van der Waals surface area contributed by atoms with Gasteiger partial charge in [-0.05, 0) is 25.7 Å². The van der Waals surface area contributed by atoms with Gasteiger partial charge in [-0.2, -0.15) is 0 Å². The van der Waals surface area contributed by atoms with E-state index in [1.807, 2.05) is 0 Å². The van der Waals surface area contributed by atoms with Gasteiger partial charge in [0.25, 0.3) is 0 Å². The molecule has 8 nitrogen and oxygen atoms in total. The topological polar surface area (TPSA) is 105 Å². The molecule has 0 aliphatic carbocycles. The van der Waals surface area contributed by atoms with Gasteiger partial charge in [0.2, 0.25) is 0 Å². The molecule has 0 aromatic heterocycles. The summed E-state index contributed by atoms with van der Waals surface area (Å²) in [7, 11) is 0. The minimum absolute atomic E-state index is 0.